The summed E-state index contributed by atoms with van der Waals surface area (Å²) in [5.41, 5.74) is 9.77. The SMILES string of the molecule is c1ccc(-c2ccc3cccc(-c4ccc(N(c5cc6ccccc6c6ccccc56)c5cccc6c5oc5ccccc56)cc4)c3c2)cc1. The second-order valence-corrected chi connectivity index (χ2v) is 12.9. The monoisotopic (exact) mass is 637 g/mol. The second-order valence-electron chi connectivity index (χ2n) is 12.9. The van der Waals surface area contributed by atoms with E-state index < -0.39 is 0 Å². The van der Waals surface area contributed by atoms with Gasteiger partial charge in [-0.05, 0) is 85.6 Å². The molecule has 234 valence electrons. The van der Waals surface area contributed by atoms with E-state index >= 15 is 0 Å². The average molecular weight is 638 g/mol. The quantitative estimate of drug-likeness (QED) is 0.175. The number of benzene rings is 9. The third-order valence-electron chi connectivity index (χ3n) is 10.0. The van der Waals surface area contributed by atoms with Crippen LogP contribution >= 0.6 is 0 Å². The van der Waals surface area contributed by atoms with Crippen molar-refractivity contribution in [2.24, 2.45) is 0 Å². The van der Waals surface area contributed by atoms with Gasteiger partial charge in [0.05, 0.1) is 11.4 Å². The van der Waals surface area contributed by atoms with E-state index in [1.165, 1.54) is 54.6 Å². The molecule has 0 radical (unpaired) electrons. The van der Waals surface area contributed by atoms with Crippen LogP contribution < -0.4 is 4.90 Å². The van der Waals surface area contributed by atoms with E-state index in [1.54, 1.807) is 0 Å². The maximum atomic E-state index is 6.65. The number of para-hydroxylation sites is 2. The van der Waals surface area contributed by atoms with Crippen LogP contribution in [0.25, 0.3) is 76.5 Å². The Morgan fingerprint density at radius 3 is 1.86 bits per heavy atom. The minimum Gasteiger partial charge on any atom is -0.454 e. The van der Waals surface area contributed by atoms with Crippen LogP contribution in [0.1, 0.15) is 0 Å². The Kier molecular flexibility index (Phi) is 6.53. The van der Waals surface area contributed by atoms with Crippen LogP contribution in [0.2, 0.25) is 0 Å². The number of hydrogen-bond acceptors (Lipinski definition) is 2. The topological polar surface area (TPSA) is 16.4 Å². The highest BCUT2D eigenvalue weighted by molar-refractivity contribution is 6.16. The molecule has 0 bridgehead atoms. The van der Waals surface area contributed by atoms with Crippen molar-refractivity contribution in [2.75, 3.05) is 4.90 Å². The largest absolute Gasteiger partial charge is 0.454 e. The highest BCUT2D eigenvalue weighted by atomic mass is 16.3. The molecule has 0 spiro atoms. The maximum absolute atomic E-state index is 6.65. The van der Waals surface area contributed by atoms with Crippen molar-refractivity contribution in [1.82, 2.24) is 0 Å². The zero-order valence-corrected chi connectivity index (χ0v) is 27.3. The van der Waals surface area contributed by atoms with Crippen molar-refractivity contribution in [3.8, 4) is 22.3 Å². The van der Waals surface area contributed by atoms with Crippen molar-refractivity contribution in [1.29, 1.82) is 0 Å². The third-order valence-corrected chi connectivity index (χ3v) is 10.0. The fraction of sp³-hybridized carbons (Fsp3) is 0. The van der Waals surface area contributed by atoms with Crippen LogP contribution in [-0.4, -0.2) is 0 Å². The summed E-state index contributed by atoms with van der Waals surface area (Å²) in [4.78, 5) is 2.37. The summed E-state index contributed by atoms with van der Waals surface area (Å²) in [5, 5.41) is 9.55. The summed E-state index contributed by atoms with van der Waals surface area (Å²) < 4.78 is 6.65. The predicted molar refractivity (Wildman–Crippen MR) is 212 cm³/mol. The third kappa shape index (κ3) is 4.57. The summed E-state index contributed by atoms with van der Waals surface area (Å²) in [6.07, 6.45) is 0. The molecule has 50 heavy (non-hydrogen) atoms. The summed E-state index contributed by atoms with van der Waals surface area (Å²) >= 11 is 0. The fourth-order valence-corrected chi connectivity index (χ4v) is 7.66. The highest BCUT2D eigenvalue weighted by Gasteiger charge is 2.22. The van der Waals surface area contributed by atoms with Crippen molar-refractivity contribution in [3.63, 3.8) is 0 Å². The van der Waals surface area contributed by atoms with E-state index in [1.807, 2.05) is 6.07 Å². The Morgan fingerprint density at radius 1 is 0.340 bits per heavy atom. The lowest BCUT2D eigenvalue weighted by Crippen LogP contribution is -2.11. The molecule has 0 fully saturated rings. The number of nitrogens with zero attached hydrogens (tertiary/aromatic N) is 1. The van der Waals surface area contributed by atoms with Gasteiger partial charge in [-0.15, -0.1) is 0 Å². The molecule has 0 aliphatic rings. The Bertz CT molecular complexity index is 2870. The summed E-state index contributed by atoms with van der Waals surface area (Å²) in [5.74, 6) is 0. The van der Waals surface area contributed by atoms with Crippen LogP contribution in [0, 0.1) is 0 Å². The molecule has 0 unspecified atom stereocenters. The first kappa shape index (κ1) is 28.4. The van der Waals surface area contributed by atoms with Gasteiger partial charge in [-0.2, -0.15) is 0 Å². The number of rotatable bonds is 5. The lowest BCUT2D eigenvalue weighted by molar-refractivity contribution is 0.669. The van der Waals surface area contributed by atoms with Crippen LogP contribution in [0.4, 0.5) is 17.1 Å². The molecule has 10 rings (SSSR count). The molecule has 2 nitrogen and oxygen atoms in total. The van der Waals surface area contributed by atoms with E-state index in [0.717, 1.165) is 39.0 Å². The van der Waals surface area contributed by atoms with Gasteiger partial charge in [0.25, 0.3) is 0 Å². The summed E-state index contributed by atoms with van der Waals surface area (Å²) in [6, 6.07) is 67.5. The van der Waals surface area contributed by atoms with E-state index in [2.05, 4.69) is 187 Å². The predicted octanol–water partition coefficient (Wildman–Crippen LogP) is 13.8. The average Bonchev–Trinajstić information content (AvgIpc) is 3.58. The molecule has 0 N–H and O–H groups in total. The number of anilines is 3. The number of furan rings is 1. The molecule has 9 aromatic carbocycles. The van der Waals surface area contributed by atoms with E-state index in [-0.39, 0.29) is 0 Å². The van der Waals surface area contributed by atoms with Gasteiger partial charge in [-0.3, -0.25) is 0 Å². The summed E-state index contributed by atoms with van der Waals surface area (Å²) in [7, 11) is 0. The minimum atomic E-state index is 0.873. The summed E-state index contributed by atoms with van der Waals surface area (Å²) in [6.45, 7) is 0. The first-order chi connectivity index (χ1) is 24.8. The molecular weight excluding hydrogens is 607 g/mol. The normalized spacial score (nSPS) is 11.6. The molecule has 0 aliphatic heterocycles. The standard InChI is InChI=1S/C48H31NO/c1-2-12-32(13-3-1)35-25-24-33-15-10-20-38(44(33)30-35)34-26-28-37(29-27-34)49(45-22-11-21-43-42-19-8-9-23-47(42)50-48(43)45)46-31-36-14-4-5-16-39(36)40-17-6-7-18-41(40)46/h1-31H. The van der Waals surface area contributed by atoms with Crippen LogP contribution in [-0.2, 0) is 0 Å². The van der Waals surface area contributed by atoms with Gasteiger partial charge < -0.3 is 9.32 Å². The van der Waals surface area contributed by atoms with Gasteiger partial charge in [-0.25, -0.2) is 0 Å². The maximum Gasteiger partial charge on any atom is 0.159 e. The van der Waals surface area contributed by atoms with Crippen LogP contribution in [0.15, 0.2) is 192 Å². The van der Waals surface area contributed by atoms with Crippen molar-refractivity contribution >= 4 is 71.3 Å². The van der Waals surface area contributed by atoms with Gasteiger partial charge in [0, 0.05) is 21.8 Å². The number of hydrogen-bond donors (Lipinski definition) is 0. The smallest absolute Gasteiger partial charge is 0.159 e. The van der Waals surface area contributed by atoms with Gasteiger partial charge in [0.1, 0.15) is 5.58 Å². The van der Waals surface area contributed by atoms with Gasteiger partial charge in [-0.1, -0.05) is 152 Å². The molecular formula is C48H31NO. The second kappa shape index (κ2) is 11.5. The Hall–Kier alpha value is -6.64. The molecule has 10 aromatic rings. The van der Waals surface area contributed by atoms with Crippen LogP contribution in [0.5, 0.6) is 0 Å². The molecule has 0 saturated carbocycles. The molecule has 0 saturated heterocycles. The van der Waals surface area contributed by atoms with E-state index in [0.29, 0.717) is 0 Å². The van der Waals surface area contributed by atoms with Crippen molar-refractivity contribution < 1.29 is 4.42 Å². The molecule has 2 heteroatoms. The van der Waals surface area contributed by atoms with Gasteiger partial charge in [0.15, 0.2) is 5.58 Å². The minimum absolute atomic E-state index is 0.873. The van der Waals surface area contributed by atoms with E-state index in [4.69, 9.17) is 4.42 Å². The zero-order chi connectivity index (χ0) is 33.0. The molecule has 1 heterocycles. The first-order valence-electron chi connectivity index (χ1n) is 17.1. The number of fused-ring (bicyclic) bond motifs is 7. The van der Waals surface area contributed by atoms with Crippen molar-refractivity contribution in [2.45, 2.75) is 0 Å². The Balaban J connectivity index is 1.19. The first-order valence-corrected chi connectivity index (χ1v) is 17.1. The fourth-order valence-electron chi connectivity index (χ4n) is 7.66. The lowest BCUT2D eigenvalue weighted by atomic mass is 9.94. The molecule has 0 aliphatic carbocycles. The lowest BCUT2D eigenvalue weighted by Gasteiger charge is -2.28. The zero-order valence-electron chi connectivity index (χ0n) is 27.3. The molecule has 1 aromatic heterocycles. The van der Waals surface area contributed by atoms with Gasteiger partial charge in [0.2, 0.25) is 0 Å². The molecule has 0 amide bonds. The van der Waals surface area contributed by atoms with E-state index in [9.17, 15) is 0 Å². The van der Waals surface area contributed by atoms with Crippen LogP contribution in [0.3, 0.4) is 0 Å². The highest BCUT2D eigenvalue weighted by Crippen LogP contribution is 2.46. The Labute approximate surface area is 290 Å². The van der Waals surface area contributed by atoms with Crippen molar-refractivity contribution in [3.05, 3.63) is 188 Å². The van der Waals surface area contributed by atoms with Gasteiger partial charge >= 0.3 is 0 Å². The Morgan fingerprint density at radius 2 is 1.00 bits per heavy atom. The molecule has 0 atom stereocenters.